The van der Waals surface area contributed by atoms with Crippen molar-refractivity contribution in [1.29, 1.82) is 0 Å². The number of hydrogen-bond donors (Lipinski definition) is 0. The molecule has 4 nitrogen and oxygen atoms in total. The summed E-state index contributed by atoms with van der Waals surface area (Å²) in [6, 6.07) is 0. The summed E-state index contributed by atoms with van der Waals surface area (Å²) in [5.41, 5.74) is 0.865. The van der Waals surface area contributed by atoms with Crippen molar-refractivity contribution in [2.24, 2.45) is 5.92 Å². The van der Waals surface area contributed by atoms with Gasteiger partial charge in [-0.15, -0.1) is 0 Å². The van der Waals surface area contributed by atoms with Gasteiger partial charge in [-0.3, -0.25) is 4.90 Å². The summed E-state index contributed by atoms with van der Waals surface area (Å²) in [5.74, 6) is 0.314. The highest BCUT2D eigenvalue weighted by molar-refractivity contribution is 5.71. The number of nitrogens with zero attached hydrogens (tertiary/aromatic N) is 1. The summed E-state index contributed by atoms with van der Waals surface area (Å²) in [4.78, 5) is 13.8. The second kappa shape index (κ2) is 8.10. The topological polar surface area (TPSA) is 38.8 Å². The average molecular weight is 283 g/mol. The molecule has 0 saturated heterocycles. The normalized spacial score (nSPS) is 11.3. The first-order valence-electron chi connectivity index (χ1n) is 6.95. The van der Waals surface area contributed by atoms with E-state index < -0.39 is 5.60 Å². The van der Waals surface area contributed by atoms with Gasteiger partial charge in [-0.2, -0.15) is 0 Å². The first-order chi connectivity index (χ1) is 9.08. The largest absolute Gasteiger partial charge is 0.443 e. The highest BCUT2D eigenvalue weighted by Gasteiger charge is 2.25. The van der Waals surface area contributed by atoms with Gasteiger partial charge in [0.2, 0.25) is 0 Å². The molecule has 0 unspecified atom stereocenters. The van der Waals surface area contributed by atoms with E-state index in [1.165, 1.54) is 0 Å². The molecule has 116 valence electrons. The Bertz CT molecular complexity index is 353. The summed E-state index contributed by atoms with van der Waals surface area (Å²) in [5, 5.41) is 0. The maximum Gasteiger partial charge on any atom is 0.414 e. The van der Waals surface area contributed by atoms with Gasteiger partial charge < -0.3 is 9.47 Å². The van der Waals surface area contributed by atoms with Crippen molar-refractivity contribution in [1.82, 2.24) is 4.90 Å². The fourth-order valence-electron chi connectivity index (χ4n) is 1.54. The van der Waals surface area contributed by atoms with Gasteiger partial charge in [0.15, 0.2) is 0 Å². The first kappa shape index (κ1) is 18.7. The molecule has 0 atom stereocenters. The predicted octanol–water partition coefficient (Wildman–Crippen LogP) is 3.99. The fourth-order valence-corrected chi connectivity index (χ4v) is 1.54. The van der Waals surface area contributed by atoms with E-state index in [-0.39, 0.29) is 6.09 Å². The molecule has 0 aromatic heterocycles. The lowest BCUT2D eigenvalue weighted by atomic mass is 10.1. The van der Waals surface area contributed by atoms with Gasteiger partial charge in [-0.05, 0) is 38.7 Å². The van der Waals surface area contributed by atoms with Crippen LogP contribution < -0.4 is 0 Å². The molecule has 1 amide bonds. The van der Waals surface area contributed by atoms with Crippen molar-refractivity contribution >= 4 is 6.09 Å². The predicted molar refractivity (Wildman–Crippen MR) is 82.6 cm³/mol. The zero-order chi connectivity index (χ0) is 15.9. The molecule has 0 radical (unpaired) electrons. The Labute approximate surface area is 123 Å². The molecule has 4 heteroatoms. The maximum atomic E-state index is 12.3. The van der Waals surface area contributed by atoms with Crippen molar-refractivity contribution in [3.05, 3.63) is 24.4 Å². The van der Waals surface area contributed by atoms with E-state index in [4.69, 9.17) is 9.47 Å². The first-order valence-corrected chi connectivity index (χ1v) is 6.95. The molecule has 20 heavy (non-hydrogen) atoms. The number of allylic oxidation sites excluding steroid dienone is 1. The third-order valence-corrected chi connectivity index (χ3v) is 2.50. The highest BCUT2D eigenvalue weighted by Crippen LogP contribution is 2.20. The van der Waals surface area contributed by atoms with Crippen molar-refractivity contribution in [3.63, 3.8) is 0 Å². The highest BCUT2D eigenvalue weighted by atomic mass is 16.6. The minimum atomic E-state index is -0.527. The molecular weight excluding hydrogens is 254 g/mol. The second-order valence-electron chi connectivity index (χ2n) is 6.28. The minimum Gasteiger partial charge on any atom is -0.443 e. The molecule has 0 N–H and O–H groups in total. The van der Waals surface area contributed by atoms with Crippen LogP contribution in [0.3, 0.4) is 0 Å². The summed E-state index contributed by atoms with van der Waals surface area (Å²) < 4.78 is 10.5. The lowest BCUT2D eigenvalue weighted by molar-refractivity contribution is 0.0299. The summed E-state index contributed by atoms with van der Waals surface area (Å²) >= 11 is 0. The van der Waals surface area contributed by atoms with Crippen LogP contribution in [0.5, 0.6) is 0 Å². The van der Waals surface area contributed by atoms with E-state index in [0.29, 0.717) is 31.2 Å². The van der Waals surface area contributed by atoms with Crippen LogP contribution in [0.1, 0.15) is 41.0 Å². The molecule has 0 aromatic rings. The van der Waals surface area contributed by atoms with E-state index in [2.05, 4.69) is 13.2 Å². The van der Waals surface area contributed by atoms with E-state index in [1.807, 2.05) is 34.6 Å². The van der Waals surface area contributed by atoms with Gasteiger partial charge in [-0.1, -0.05) is 27.0 Å². The SMILES string of the molecule is C=C(CCOC)C(=C)N(CC(C)C)C(=O)OC(C)(C)C. The third-order valence-electron chi connectivity index (χ3n) is 2.50. The van der Waals surface area contributed by atoms with Crippen LogP contribution in [0, 0.1) is 5.92 Å². The van der Waals surface area contributed by atoms with Crippen LogP contribution in [-0.4, -0.2) is 36.9 Å². The second-order valence-corrected chi connectivity index (χ2v) is 6.28. The molecule has 0 aliphatic rings. The van der Waals surface area contributed by atoms with E-state index in [9.17, 15) is 4.79 Å². The number of carbonyl (C=O) groups is 1. The van der Waals surface area contributed by atoms with Crippen LogP contribution in [0.15, 0.2) is 24.4 Å². The zero-order valence-electron chi connectivity index (χ0n) is 13.8. The lowest BCUT2D eigenvalue weighted by Crippen LogP contribution is -2.38. The van der Waals surface area contributed by atoms with Crippen molar-refractivity contribution in [3.8, 4) is 0 Å². The molecule has 0 bridgehead atoms. The van der Waals surface area contributed by atoms with Gasteiger partial charge in [-0.25, -0.2) is 4.79 Å². The van der Waals surface area contributed by atoms with Crippen molar-refractivity contribution in [2.75, 3.05) is 20.3 Å². The molecule has 0 aliphatic heterocycles. The van der Waals surface area contributed by atoms with Crippen LogP contribution in [0.2, 0.25) is 0 Å². The number of methoxy groups -OCH3 is 1. The van der Waals surface area contributed by atoms with Gasteiger partial charge in [0, 0.05) is 19.4 Å². The quantitative estimate of drug-likeness (QED) is 0.663. The molecule has 0 saturated carbocycles. The Hall–Kier alpha value is -1.29. The Morgan fingerprint density at radius 2 is 1.80 bits per heavy atom. The van der Waals surface area contributed by atoms with Crippen molar-refractivity contribution in [2.45, 2.75) is 46.6 Å². The Morgan fingerprint density at radius 1 is 1.25 bits per heavy atom. The average Bonchev–Trinajstić information content (AvgIpc) is 2.29. The lowest BCUT2D eigenvalue weighted by Gasteiger charge is -2.30. The molecule has 0 rings (SSSR count). The number of hydrogen-bond acceptors (Lipinski definition) is 3. The van der Waals surface area contributed by atoms with Crippen LogP contribution in [0.4, 0.5) is 4.79 Å². The Balaban J connectivity index is 4.91. The molecule has 0 heterocycles. The summed E-state index contributed by atoms with van der Waals surface area (Å²) in [7, 11) is 1.63. The van der Waals surface area contributed by atoms with Gasteiger partial charge >= 0.3 is 6.09 Å². The number of amides is 1. The Kier molecular flexibility index (Phi) is 7.58. The molecule has 0 aliphatic carbocycles. The number of ether oxygens (including phenoxy) is 2. The van der Waals surface area contributed by atoms with Crippen molar-refractivity contribution < 1.29 is 14.3 Å². The fraction of sp³-hybridized carbons (Fsp3) is 0.688. The minimum absolute atomic E-state index is 0.314. The van der Waals surface area contributed by atoms with Crippen LogP contribution in [-0.2, 0) is 9.47 Å². The monoisotopic (exact) mass is 283 g/mol. The van der Waals surface area contributed by atoms with Gasteiger partial charge in [0.1, 0.15) is 5.60 Å². The summed E-state index contributed by atoms with van der Waals surface area (Å²) in [6.45, 7) is 18.7. The zero-order valence-corrected chi connectivity index (χ0v) is 13.8. The standard InChI is InChI=1S/C16H29NO3/c1-12(2)11-17(15(18)20-16(5,6)7)14(4)13(3)9-10-19-8/h12H,3-4,9-11H2,1-2,5-8H3. The molecular formula is C16H29NO3. The van der Waals surface area contributed by atoms with E-state index in [0.717, 1.165) is 5.57 Å². The molecule has 0 aromatic carbocycles. The molecule has 0 fully saturated rings. The van der Waals surface area contributed by atoms with Gasteiger partial charge in [0.25, 0.3) is 0 Å². The van der Waals surface area contributed by atoms with E-state index >= 15 is 0 Å². The smallest absolute Gasteiger partial charge is 0.414 e. The summed E-state index contributed by atoms with van der Waals surface area (Å²) in [6.07, 6.45) is 0.266. The number of carbonyl (C=O) groups excluding carboxylic acids is 1. The van der Waals surface area contributed by atoms with Crippen LogP contribution >= 0.6 is 0 Å². The molecule has 0 spiro atoms. The Morgan fingerprint density at radius 3 is 2.20 bits per heavy atom. The van der Waals surface area contributed by atoms with Gasteiger partial charge in [0.05, 0.1) is 6.61 Å². The van der Waals surface area contributed by atoms with E-state index in [1.54, 1.807) is 12.0 Å². The third kappa shape index (κ3) is 7.34. The number of rotatable bonds is 7. The maximum absolute atomic E-state index is 12.3. The van der Waals surface area contributed by atoms with Crippen LogP contribution in [0.25, 0.3) is 0 Å².